The Hall–Kier alpha value is -2.85. The molecule has 0 aliphatic heterocycles. The monoisotopic (exact) mass is 463 g/mol. The average molecular weight is 464 g/mol. The highest BCUT2D eigenvalue weighted by Gasteiger charge is 2.21. The molecule has 0 radical (unpaired) electrons. The fourth-order valence-corrected chi connectivity index (χ4v) is 5.11. The van der Waals surface area contributed by atoms with E-state index in [1.165, 1.54) is 4.31 Å². The summed E-state index contributed by atoms with van der Waals surface area (Å²) in [6.45, 7) is 2.39. The van der Waals surface area contributed by atoms with Crippen molar-refractivity contribution in [2.24, 2.45) is 7.05 Å². The van der Waals surface area contributed by atoms with E-state index in [-0.39, 0.29) is 23.7 Å². The Morgan fingerprint density at radius 2 is 1.97 bits per heavy atom. The average Bonchev–Trinajstić information content (AvgIpc) is 2.98. The molecule has 3 rings (SSSR count). The van der Waals surface area contributed by atoms with Crippen molar-refractivity contribution >= 4 is 48.9 Å². The van der Waals surface area contributed by atoms with Gasteiger partial charge in [0.15, 0.2) is 0 Å². The standard InChI is InChI=1S/C21H25N3O5S2/c1-4-29-18-9-6-5-8-16(18)24(31(3,27)28)13-7-10-20(25)22-15-11-12-17-19(14-15)30-21(26)23(17)2/h5-6,8-9,11-12,14H,4,7,10,13H2,1-3H3,(H,22,25). The van der Waals surface area contributed by atoms with Gasteiger partial charge in [-0.3, -0.25) is 13.9 Å². The smallest absolute Gasteiger partial charge is 0.307 e. The van der Waals surface area contributed by atoms with Gasteiger partial charge in [0.05, 0.1) is 28.8 Å². The maximum Gasteiger partial charge on any atom is 0.307 e. The highest BCUT2D eigenvalue weighted by molar-refractivity contribution is 7.92. The van der Waals surface area contributed by atoms with Gasteiger partial charge in [0.1, 0.15) is 5.75 Å². The first kappa shape index (κ1) is 22.8. The molecule has 8 nitrogen and oxygen atoms in total. The minimum Gasteiger partial charge on any atom is -0.492 e. The van der Waals surface area contributed by atoms with Crippen LogP contribution in [0.4, 0.5) is 11.4 Å². The Bertz CT molecular complexity index is 1250. The van der Waals surface area contributed by atoms with Crippen LogP contribution in [0.25, 0.3) is 10.2 Å². The predicted octanol–water partition coefficient (Wildman–Crippen LogP) is 3.18. The number of nitrogens with zero attached hydrogens (tertiary/aromatic N) is 2. The minimum absolute atomic E-state index is 0.0633. The summed E-state index contributed by atoms with van der Waals surface area (Å²) in [7, 11) is -1.85. The van der Waals surface area contributed by atoms with E-state index in [1.54, 1.807) is 54.1 Å². The van der Waals surface area contributed by atoms with Crippen LogP contribution >= 0.6 is 11.3 Å². The fraction of sp³-hybridized carbons (Fsp3) is 0.333. The van der Waals surface area contributed by atoms with E-state index in [4.69, 9.17) is 4.74 Å². The molecule has 1 heterocycles. The second-order valence-corrected chi connectivity index (χ2v) is 9.90. The third-order valence-corrected chi connectivity index (χ3v) is 6.85. The molecule has 10 heteroatoms. The van der Waals surface area contributed by atoms with Gasteiger partial charge in [0.25, 0.3) is 0 Å². The molecule has 31 heavy (non-hydrogen) atoms. The number of nitrogens with one attached hydrogen (secondary N) is 1. The zero-order valence-corrected chi connectivity index (χ0v) is 19.3. The lowest BCUT2D eigenvalue weighted by Gasteiger charge is -2.24. The van der Waals surface area contributed by atoms with Crippen LogP contribution in [0.1, 0.15) is 19.8 Å². The molecular formula is C21H25N3O5S2. The summed E-state index contributed by atoms with van der Waals surface area (Å²) in [5.41, 5.74) is 1.86. The topological polar surface area (TPSA) is 97.7 Å². The summed E-state index contributed by atoms with van der Waals surface area (Å²) in [6.07, 6.45) is 1.61. The van der Waals surface area contributed by atoms with Crippen molar-refractivity contribution in [3.8, 4) is 5.75 Å². The van der Waals surface area contributed by atoms with E-state index in [2.05, 4.69) is 5.32 Å². The number of aryl methyl sites for hydroxylation is 1. The highest BCUT2D eigenvalue weighted by atomic mass is 32.2. The number of hydrogen-bond acceptors (Lipinski definition) is 6. The number of thiazole rings is 1. The molecule has 1 N–H and O–H groups in total. The number of sulfonamides is 1. The van der Waals surface area contributed by atoms with Crippen LogP contribution in [0, 0.1) is 0 Å². The normalized spacial score (nSPS) is 11.5. The molecular weight excluding hydrogens is 438 g/mol. The largest absolute Gasteiger partial charge is 0.492 e. The third-order valence-electron chi connectivity index (χ3n) is 4.68. The summed E-state index contributed by atoms with van der Waals surface area (Å²) in [4.78, 5) is 24.1. The number of rotatable bonds is 9. The van der Waals surface area contributed by atoms with Gasteiger partial charge in [-0.1, -0.05) is 23.5 Å². The second-order valence-electron chi connectivity index (χ2n) is 7.00. The highest BCUT2D eigenvalue weighted by Crippen LogP contribution is 2.30. The van der Waals surface area contributed by atoms with E-state index >= 15 is 0 Å². The van der Waals surface area contributed by atoms with E-state index in [9.17, 15) is 18.0 Å². The first-order valence-corrected chi connectivity index (χ1v) is 12.5. The molecule has 0 spiro atoms. The van der Waals surface area contributed by atoms with Gasteiger partial charge < -0.3 is 14.6 Å². The molecule has 1 amide bonds. The van der Waals surface area contributed by atoms with Crippen molar-refractivity contribution in [2.75, 3.05) is 29.0 Å². The zero-order valence-electron chi connectivity index (χ0n) is 17.6. The number of ether oxygens (including phenoxy) is 1. The number of benzene rings is 2. The Balaban J connectivity index is 1.66. The molecule has 3 aromatic rings. The Kier molecular flexibility index (Phi) is 7.01. The number of amides is 1. The van der Waals surface area contributed by atoms with Gasteiger partial charge in [-0.25, -0.2) is 8.42 Å². The number of anilines is 2. The molecule has 0 atom stereocenters. The lowest BCUT2D eigenvalue weighted by molar-refractivity contribution is -0.116. The van der Waals surface area contributed by atoms with Crippen molar-refractivity contribution in [1.29, 1.82) is 0 Å². The summed E-state index contributed by atoms with van der Waals surface area (Å²) < 4.78 is 33.9. The van der Waals surface area contributed by atoms with Gasteiger partial charge in [-0.2, -0.15) is 0 Å². The van der Waals surface area contributed by atoms with Gasteiger partial charge in [0, 0.05) is 25.7 Å². The first-order chi connectivity index (χ1) is 14.7. The SMILES string of the molecule is CCOc1ccccc1N(CCCC(=O)Nc1ccc2c(c1)sc(=O)n2C)S(C)(=O)=O. The fourth-order valence-electron chi connectivity index (χ4n) is 3.22. The van der Waals surface area contributed by atoms with Crippen LogP contribution in [0.15, 0.2) is 47.3 Å². The molecule has 0 saturated carbocycles. The van der Waals surface area contributed by atoms with E-state index < -0.39 is 10.0 Å². The summed E-state index contributed by atoms with van der Waals surface area (Å²) >= 11 is 1.12. The van der Waals surface area contributed by atoms with Gasteiger partial charge >= 0.3 is 4.87 Å². The minimum atomic E-state index is -3.55. The molecule has 0 aliphatic rings. The number of carbonyl (C=O) groups excluding carboxylic acids is 1. The third kappa shape index (κ3) is 5.45. The Labute approximate surface area is 185 Å². The molecule has 0 aliphatic carbocycles. The number of para-hydroxylation sites is 2. The second kappa shape index (κ2) is 9.52. The Morgan fingerprint density at radius 1 is 1.23 bits per heavy atom. The molecule has 0 unspecified atom stereocenters. The number of hydrogen-bond donors (Lipinski definition) is 1. The molecule has 0 fully saturated rings. The molecule has 1 aromatic heterocycles. The maximum absolute atomic E-state index is 12.4. The van der Waals surface area contributed by atoms with Crippen LogP contribution in [0.5, 0.6) is 5.75 Å². The lowest BCUT2D eigenvalue weighted by atomic mass is 10.2. The van der Waals surface area contributed by atoms with Crippen LogP contribution < -0.4 is 19.2 Å². The van der Waals surface area contributed by atoms with Gasteiger partial charge in [-0.05, 0) is 43.7 Å². The van der Waals surface area contributed by atoms with Crippen molar-refractivity contribution in [2.45, 2.75) is 19.8 Å². The van der Waals surface area contributed by atoms with Gasteiger partial charge in [-0.15, -0.1) is 0 Å². The summed E-state index contributed by atoms with van der Waals surface area (Å²) in [6, 6.07) is 12.2. The first-order valence-electron chi connectivity index (χ1n) is 9.79. The molecule has 166 valence electrons. The van der Waals surface area contributed by atoms with Crippen molar-refractivity contribution < 1.29 is 17.9 Å². The molecule has 0 bridgehead atoms. The van der Waals surface area contributed by atoms with Crippen LogP contribution in [-0.4, -0.2) is 38.3 Å². The van der Waals surface area contributed by atoms with E-state index in [0.717, 1.165) is 27.8 Å². The van der Waals surface area contributed by atoms with E-state index in [0.29, 0.717) is 30.2 Å². The Morgan fingerprint density at radius 3 is 2.68 bits per heavy atom. The molecule has 0 saturated heterocycles. The summed E-state index contributed by atoms with van der Waals surface area (Å²) in [5, 5.41) is 2.81. The number of fused-ring (bicyclic) bond motifs is 1. The van der Waals surface area contributed by atoms with Gasteiger partial charge in [0.2, 0.25) is 15.9 Å². The quantitative estimate of drug-likeness (QED) is 0.526. The van der Waals surface area contributed by atoms with Crippen LogP contribution in [-0.2, 0) is 21.9 Å². The molecule has 2 aromatic carbocycles. The van der Waals surface area contributed by atoms with E-state index in [1.807, 2.05) is 6.92 Å². The van der Waals surface area contributed by atoms with Crippen molar-refractivity contribution in [3.63, 3.8) is 0 Å². The van der Waals surface area contributed by atoms with Crippen LogP contribution in [0.2, 0.25) is 0 Å². The number of carbonyl (C=O) groups is 1. The zero-order chi connectivity index (χ0) is 22.6. The maximum atomic E-state index is 12.4. The predicted molar refractivity (Wildman–Crippen MR) is 125 cm³/mol. The summed E-state index contributed by atoms with van der Waals surface area (Å²) in [5.74, 6) is 0.254. The van der Waals surface area contributed by atoms with Crippen LogP contribution in [0.3, 0.4) is 0 Å². The van der Waals surface area contributed by atoms with Crippen molar-refractivity contribution in [1.82, 2.24) is 4.57 Å². The van der Waals surface area contributed by atoms with Crippen molar-refractivity contribution in [3.05, 3.63) is 52.1 Å². The number of aromatic nitrogens is 1. The lowest BCUT2D eigenvalue weighted by Crippen LogP contribution is -2.31.